The van der Waals surface area contributed by atoms with Crippen LogP contribution in [0.15, 0.2) is 18.2 Å². The van der Waals surface area contributed by atoms with Crippen LogP contribution in [0.2, 0.25) is 0 Å². The van der Waals surface area contributed by atoms with Crippen LogP contribution in [-0.2, 0) is 10.1 Å². The number of ether oxygens (including phenoxy) is 2. The van der Waals surface area contributed by atoms with Gasteiger partial charge in [0.25, 0.3) is 10.1 Å². The summed E-state index contributed by atoms with van der Waals surface area (Å²) in [4.78, 5) is 0. The SMILES string of the molecule is CS(=O)(=O)O.c1cc2c(cc1C1CCNC1)OCO2. The summed E-state index contributed by atoms with van der Waals surface area (Å²) >= 11 is 0. The van der Waals surface area contributed by atoms with Gasteiger partial charge in [0, 0.05) is 6.54 Å². The molecule has 19 heavy (non-hydrogen) atoms. The van der Waals surface area contributed by atoms with Crippen LogP contribution in [0.4, 0.5) is 0 Å². The Morgan fingerprint density at radius 2 is 2.00 bits per heavy atom. The lowest BCUT2D eigenvalue weighted by Gasteiger charge is -2.08. The minimum Gasteiger partial charge on any atom is -0.454 e. The molecule has 1 aromatic rings. The first-order chi connectivity index (χ1) is 8.93. The Balaban J connectivity index is 0.000000232. The molecule has 2 aliphatic rings. The molecule has 0 bridgehead atoms. The minimum atomic E-state index is -3.67. The molecule has 1 saturated heterocycles. The van der Waals surface area contributed by atoms with E-state index in [-0.39, 0.29) is 0 Å². The maximum atomic E-state index is 9.19. The van der Waals surface area contributed by atoms with E-state index in [1.165, 1.54) is 12.0 Å². The van der Waals surface area contributed by atoms with E-state index in [0.717, 1.165) is 24.6 Å². The second-order valence-electron chi connectivity index (χ2n) is 4.54. The Bertz CT molecular complexity index is 529. The summed E-state index contributed by atoms with van der Waals surface area (Å²) < 4.78 is 36.5. The summed E-state index contributed by atoms with van der Waals surface area (Å²) in [6.45, 7) is 2.57. The van der Waals surface area contributed by atoms with Crippen molar-refractivity contribution in [3.05, 3.63) is 23.8 Å². The zero-order valence-electron chi connectivity index (χ0n) is 10.6. The molecule has 7 heteroatoms. The third kappa shape index (κ3) is 4.38. The van der Waals surface area contributed by atoms with Gasteiger partial charge in [-0.2, -0.15) is 8.42 Å². The first-order valence-corrected chi connectivity index (χ1v) is 7.81. The molecule has 0 aliphatic carbocycles. The van der Waals surface area contributed by atoms with Crippen LogP contribution in [-0.4, -0.2) is 39.1 Å². The van der Waals surface area contributed by atoms with Crippen molar-refractivity contribution < 1.29 is 22.4 Å². The molecule has 0 radical (unpaired) electrons. The second kappa shape index (κ2) is 5.77. The Hall–Kier alpha value is -1.31. The first kappa shape index (κ1) is 14.1. The molecule has 2 aliphatic heterocycles. The van der Waals surface area contributed by atoms with Gasteiger partial charge in [-0.1, -0.05) is 6.07 Å². The van der Waals surface area contributed by atoms with Gasteiger partial charge in [0.15, 0.2) is 11.5 Å². The monoisotopic (exact) mass is 287 g/mol. The molecule has 2 N–H and O–H groups in total. The normalized spacial score (nSPS) is 20.8. The third-order valence-electron chi connectivity index (χ3n) is 2.93. The molecule has 0 spiro atoms. The number of hydrogen-bond donors (Lipinski definition) is 2. The highest BCUT2D eigenvalue weighted by Gasteiger charge is 2.20. The molecular formula is C12H17NO5S. The van der Waals surface area contributed by atoms with Crippen LogP contribution in [0.5, 0.6) is 11.5 Å². The van der Waals surface area contributed by atoms with Gasteiger partial charge < -0.3 is 14.8 Å². The molecule has 6 nitrogen and oxygen atoms in total. The van der Waals surface area contributed by atoms with E-state index in [0.29, 0.717) is 19.0 Å². The fourth-order valence-corrected chi connectivity index (χ4v) is 2.11. The average Bonchev–Trinajstić information content (AvgIpc) is 2.97. The lowest BCUT2D eigenvalue weighted by molar-refractivity contribution is 0.174. The Morgan fingerprint density at radius 3 is 2.63 bits per heavy atom. The maximum absolute atomic E-state index is 9.19. The second-order valence-corrected chi connectivity index (χ2v) is 6.00. The molecule has 1 unspecified atom stereocenters. The van der Waals surface area contributed by atoms with Gasteiger partial charge in [-0.3, -0.25) is 4.55 Å². The maximum Gasteiger partial charge on any atom is 0.261 e. The molecule has 0 amide bonds. The van der Waals surface area contributed by atoms with Crippen molar-refractivity contribution in [3.8, 4) is 11.5 Å². The van der Waals surface area contributed by atoms with E-state index in [1.54, 1.807) is 0 Å². The van der Waals surface area contributed by atoms with E-state index in [2.05, 4.69) is 17.4 Å². The highest BCUT2D eigenvalue weighted by atomic mass is 32.2. The smallest absolute Gasteiger partial charge is 0.261 e. The molecular weight excluding hydrogens is 270 g/mol. The van der Waals surface area contributed by atoms with Crippen molar-refractivity contribution >= 4 is 10.1 Å². The quantitative estimate of drug-likeness (QED) is 0.749. The van der Waals surface area contributed by atoms with Crippen molar-refractivity contribution in [2.24, 2.45) is 0 Å². The minimum absolute atomic E-state index is 0.363. The molecule has 3 rings (SSSR count). The van der Waals surface area contributed by atoms with Crippen molar-refractivity contribution in [1.82, 2.24) is 5.32 Å². The first-order valence-electron chi connectivity index (χ1n) is 5.96. The summed E-state index contributed by atoms with van der Waals surface area (Å²) in [5.41, 5.74) is 1.36. The van der Waals surface area contributed by atoms with Crippen molar-refractivity contribution in [1.29, 1.82) is 0 Å². The molecule has 0 aromatic heterocycles. The average molecular weight is 287 g/mol. The van der Waals surface area contributed by atoms with Gasteiger partial charge in [-0.25, -0.2) is 0 Å². The van der Waals surface area contributed by atoms with E-state index in [4.69, 9.17) is 14.0 Å². The van der Waals surface area contributed by atoms with Crippen LogP contribution in [0.25, 0.3) is 0 Å². The van der Waals surface area contributed by atoms with Gasteiger partial charge in [0.05, 0.1) is 6.26 Å². The van der Waals surface area contributed by atoms with Crippen LogP contribution >= 0.6 is 0 Å². The van der Waals surface area contributed by atoms with E-state index >= 15 is 0 Å². The predicted molar refractivity (Wildman–Crippen MR) is 70.3 cm³/mol. The Morgan fingerprint density at radius 1 is 1.32 bits per heavy atom. The van der Waals surface area contributed by atoms with Gasteiger partial charge in [-0.15, -0.1) is 0 Å². The summed E-state index contributed by atoms with van der Waals surface area (Å²) in [7, 11) is -3.67. The number of rotatable bonds is 1. The predicted octanol–water partition coefficient (Wildman–Crippen LogP) is 0.996. The number of fused-ring (bicyclic) bond motifs is 1. The fraction of sp³-hybridized carbons (Fsp3) is 0.500. The van der Waals surface area contributed by atoms with Crippen LogP contribution in [0.3, 0.4) is 0 Å². The van der Waals surface area contributed by atoms with Gasteiger partial charge in [-0.05, 0) is 36.6 Å². The molecule has 106 valence electrons. The van der Waals surface area contributed by atoms with Crippen LogP contribution < -0.4 is 14.8 Å². The number of hydrogen-bond acceptors (Lipinski definition) is 5. The molecule has 0 saturated carbocycles. The summed E-state index contributed by atoms with van der Waals surface area (Å²) in [6, 6.07) is 6.27. The van der Waals surface area contributed by atoms with Gasteiger partial charge >= 0.3 is 0 Å². The van der Waals surface area contributed by atoms with Gasteiger partial charge in [0.1, 0.15) is 0 Å². The number of nitrogens with one attached hydrogen (secondary N) is 1. The van der Waals surface area contributed by atoms with Crippen molar-refractivity contribution in [3.63, 3.8) is 0 Å². The highest BCUT2D eigenvalue weighted by molar-refractivity contribution is 7.85. The van der Waals surface area contributed by atoms with Crippen LogP contribution in [0, 0.1) is 0 Å². The van der Waals surface area contributed by atoms with E-state index in [1.807, 2.05) is 6.07 Å². The van der Waals surface area contributed by atoms with Crippen molar-refractivity contribution in [2.75, 3.05) is 26.1 Å². The van der Waals surface area contributed by atoms with Crippen LogP contribution in [0.1, 0.15) is 17.9 Å². The zero-order valence-corrected chi connectivity index (χ0v) is 11.4. The summed E-state index contributed by atoms with van der Waals surface area (Å²) in [5.74, 6) is 2.42. The summed E-state index contributed by atoms with van der Waals surface area (Å²) in [5, 5.41) is 3.37. The van der Waals surface area contributed by atoms with Crippen molar-refractivity contribution in [2.45, 2.75) is 12.3 Å². The lowest BCUT2D eigenvalue weighted by atomic mass is 9.98. The standard InChI is InChI=1S/C11H13NO2.CH4O3S/c1-2-10-11(14-7-13-10)5-8(1)9-3-4-12-6-9;1-5(2,3)4/h1-2,5,9,12H,3-4,6-7H2;1H3,(H,2,3,4). The molecule has 2 heterocycles. The summed E-state index contributed by atoms with van der Waals surface area (Å²) in [6.07, 6.45) is 1.94. The molecule has 1 fully saturated rings. The largest absolute Gasteiger partial charge is 0.454 e. The molecule has 1 aromatic carbocycles. The topological polar surface area (TPSA) is 84.9 Å². The molecule has 1 atom stereocenters. The highest BCUT2D eigenvalue weighted by Crippen LogP contribution is 2.35. The zero-order chi connectivity index (χ0) is 13.9. The van der Waals surface area contributed by atoms with E-state index in [9.17, 15) is 8.42 Å². The van der Waals surface area contributed by atoms with E-state index < -0.39 is 10.1 Å². The lowest BCUT2D eigenvalue weighted by Crippen LogP contribution is -2.07. The number of benzene rings is 1. The van der Waals surface area contributed by atoms with Gasteiger partial charge in [0.2, 0.25) is 6.79 Å². The fourth-order valence-electron chi connectivity index (χ4n) is 2.11. The Kier molecular flexibility index (Phi) is 4.28. The Labute approximate surface area is 112 Å². The third-order valence-corrected chi connectivity index (χ3v) is 2.93.